The molecule has 0 bridgehead atoms. The first-order valence-electron chi connectivity index (χ1n) is 11.7. The van der Waals surface area contributed by atoms with Gasteiger partial charge in [-0.1, -0.05) is 30.3 Å². The minimum atomic E-state index is -0.521. The molecule has 1 atom stereocenters. The standard InChI is InChI=1S/C27H32N2O5/c1-18-24(25(30)28-15-20-12-13-29(16-20)26(31)34-27(2,3)4)22-14-21(10-11-23(22)33-18)32-17-19-8-6-5-7-9-19/h5-11,14,20H,12-13,15-17H2,1-4H3,(H,28,30). The third kappa shape index (κ3) is 5.71. The largest absolute Gasteiger partial charge is 0.489 e. The molecule has 4 rings (SSSR count). The van der Waals surface area contributed by atoms with Gasteiger partial charge < -0.3 is 24.1 Å². The third-order valence-corrected chi connectivity index (χ3v) is 5.80. The fraction of sp³-hybridized carbons (Fsp3) is 0.407. The fourth-order valence-corrected chi connectivity index (χ4v) is 4.13. The number of hydrogen-bond donors (Lipinski definition) is 1. The highest BCUT2D eigenvalue weighted by Crippen LogP contribution is 2.30. The van der Waals surface area contributed by atoms with Crippen LogP contribution in [0.2, 0.25) is 0 Å². The van der Waals surface area contributed by atoms with E-state index in [0.29, 0.717) is 48.9 Å². The summed E-state index contributed by atoms with van der Waals surface area (Å²) in [7, 11) is 0. The Kier molecular flexibility index (Phi) is 6.82. The van der Waals surface area contributed by atoms with Crippen LogP contribution in [-0.4, -0.2) is 42.1 Å². The van der Waals surface area contributed by atoms with Gasteiger partial charge in [-0.3, -0.25) is 4.79 Å². The van der Waals surface area contributed by atoms with Crippen LogP contribution >= 0.6 is 0 Å². The number of furan rings is 1. The zero-order chi connectivity index (χ0) is 24.3. The summed E-state index contributed by atoms with van der Waals surface area (Å²) in [6, 6.07) is 15.5. The van der Waals surface area contributed by atoms with E-state index in [1.165, 1.54) is 0 Å². The molecule has 2 amide bonds. The van der Waals surface area contributed by atoms with Gasteiger partial charge in [0.2, 0.25) is 0 Å². The summed E-state index contributed by atoms with van der Waals surface area (Å²) in [6.45, 7) is 9.48. The van der Waals surface area contributed by atoms with E-state index in [9.17, 15) is 9.59 Å². The van der Waals surface area contributed by atoms with Crippen molar-refractivity contribution >= 4 is 23.0 Å². The van der Waals surface area contributed by atoms with Crippen molar-refractivity contribution < 1.29 is 23.5 Å². The number of nitrogens with one attached hydrogen (secondary N) is 1. The van der Waals surface area contributed by atoms with Crippen molar-refractivity contribution in [3.8, 4) is 5.75 Å². The first-order chi connectivity index (χ1) is 16.2. The van der Waals surface area contributed by atoms with Crippen LogP contribution in [0.15, 0.2) is 52.9 Å². The second kappa shape index (κ2) is 9.79. The van der Waals surface area contributed by atoms with Gasteiger partial charge >= 0.3 is 6.09 Å². The average molecular weight is 465 g/mol. The number of ether oxygens (including phenoxy) is 2. The van der Waals surface area contributed by atoms with Crippen molar-refractivity contribution in [2.75, 3.05) is 19.6 Å². The van der Waals surface area contributed by atoms with Gasteiger partial charge in [0.15, 0.2) is 0 Å². The summed E-state index contributed by atoms with van der Waals surface area (Å²) < 4.78 is 17.2. The molecule has 2 heterocycles. The van der Waals surface area contributed by atoms with Gasteiger partial charge in [0.05, 0.1) is 5.56 Å². The maximum atomic E-state index is 13.1. The molecule has 7 nitrogen and oxygen atoms in total. The number of carbonyl (C=O) groups is 2. The summed E-state index contributed by atoms with van der Waals surface area (Å²) in [5.74, 6) is 1.23. The van der Waals surface area contributed by atoms with Crippen LogP contribution in [0, 0.1) is 12.8 Å². The van der Waals surface area contributed by atoms with Gasteiger partial charge in [-0.05, 0) is 63.8 Å². The highest BCUT2D eigenvalue weighted by Gasteiger charge is 2.30. The predicted molar refractivity (Wildman–Crippen MR) is 130 cm³/mol. The van der Waals surface area contributed by atoms with Crippen LogP contribution in [0.5, 0.6) is 5.75 Å². The summed E-state index contributed by atoms with van der Waals surface area (Å²) in [6.07, 6.45) is 0.517. The lowest BCUT2D eigenvalue weighted by Gasteiger charge is -2.24. The Labute approximate surface area is 200 Å². The number of carbonyl (C=O) groups excluding carboxylic acids is 2. The molecule has 180 valence electrons. The van der Waals surface area contributed by atoms with Crippen LogP contribution in [-0.2, 0) is 11.3 Å². The predicted octanol–water partition coefficient (Wildman–Crippen LogP) is 5.31. The smallest absolute Gasteiger partial charge is 0.410 e. The summed E-state index contributed by atoms with van der Waals surface area (Å²) in [4.78, 5) is 27.1. The van der Waals surface area contributed by atoms with Crippen molar-refractivity contribution in [2.45, 2.75) is 46.3 Å². The molecule has 0 saturated carbocycles. The van der Waals surface area contributed by atoms with Gasteiger partial charge in [-0.2, -0.15) is 0 Å². The lowest BCUT2D eigenvalue weighted by molar-refractivity contribution is 0.0288. The molecule has 1 saturated heterocycles. The normalized spacial score (nSPS) is 16.0. The van der Waals surface area contributed by atoms with E-state index in [1.54, 1.807) is 11.8 Å². The average Bonchev–Trinajstić information content (AvgIpc) is 3.39. The Morgan fingerprint density at radius 1 is 1.15 bits per heavy atom. The van der Waals surface area contributed by atoms with Crippen LogP contribution < -0.4 is 10.1 Å². The molecule has 34 heavy (non-hydrogen) atoms. The second-order valence-electron chi connectivity index (χ2n) is 9.76. The van der Waals surface area contributed by atoms with Crippen LogP contribution in [0.1, 0.15) is 48.9 Å². The SMILES string of the molecule is Cc1oc2ccc(OCc3ccccc3)cc2c1C(=O)NCC1CCN(C(=O)OC(C)(C)C)C1. The van der Waals surface area contributed by atoms with Crippen LogP contribution in [0.4, 0.5) is 4.79 Å². The quantitative estimate of drug-likeness (QED) is 0.535. The van der Waals surface area contributed by atoms with E-state index >= 15 is 0 Å². The monoisotopic (exact) mass is 464 g/mol. The van der Waals surface area contributed by atoms with Crippen molar-refractivity contribution in [1.29, 1.82) is 0 Å². The first kappa shape index (κ1) is 23.7. The molecule has 7 heteroatoms. The van der Waals surface area contributed by atoms with E-state index < -0.39 is 5.60 Å². The molecule has 1 fully saturated rings. The molecular weight excluding hydrogens is 432 g/mol. The van der Waals surface area contributed by atoms with Crippen LogP contribution in [0.3, 0.4) is 0 Å². The highest BCUT2D eigenvalue weighted by atomic mass is 16.6. The number of amides is 2. The third-order valence-electron chi connectivity index (χ3n) is 5.80. The number of aryl methyl sites for hydroxylation is 1. The molecule has 1 unspecified atom stereocenters. The number of rotatable bonds is 6. The molecule has 1 aliphatic rings. The topological polar surface area (TPSA) is 81.0 Å². The Morgan fingerprint density at radius 2 is 1.91 bits per heavy atom. The zero-order valence-electron chi connectivity index (χ0n) is 20.2. The van der Waals surface area contributed by atoms with Gasteiger partial charge in [-0.15, -0.1) is 0 Å². The van der Waals surface area contributed by atoms with Crippen molar-refractivity contribution in [3.63, 3.8) is 0 Å². The number of nitrogens with zero attached hydrogens (tertiary/aromatic N) is 1. The lowest BCUT2D eigenvalue weighted by atomic mass is 10.1. The number of fused-ring (bicyclic) bond motifs is 1. The maximum absolute atomic E-state index is 13.1. The first-order valence-corrected chi connectivity index (χ1v) is 11.7. The van der Waals surface area contributed by atoms with E-state index in [2.05, 4.69) is 5.32 Å². The fourth-order valence-electron chi connectivity index (χ4n) is 4.13. The Morgan fingerprint density at radius 3 is 2.65 bits per heavy atom. The molecule has 0 spiro atoms. The molecular formula is C27H32N2O5. The lowest BCUT2D eigenvalue weighted by Crippen LogP contribution is -2.36. The second-order valence-corrected chi connectivity index (χ2v) is 9.76. The summed E-state index contributed by atoms with van der Waals surface area (Å²) in [5.41, 5.74) is 1.71. The van der Waals surface area contributed by atoms with Gasteiger partial charge in [-0.25, -0.2) is 4.79 Å². The minimum absolute atomic E-state index is 0.180. The Balaban J connectivity index is 1.38. The van der Waals surface area contributed by atoms with E-state index in [1.807, 2.05) is 69.3 Å². The molecule has 0 radical (unpaired) electrons. The summed E-state index contributed by atoms with van der Waals surface area (Å²) in [5, 5.41) is 3.75. The molecule has 1 N–H and O–H groups in total. The van der Waals surface area contributed by atoms with Crippen molar-refractivity contribution in [2.24, 2.45) is 5.92 Å². The minimum Gasteiger partial charge on any atom is -0.489 e. The molecule has 1 aromatic heterocycles. The zero-order valence-corrected chi connectivity index (χ0v) is 20.2. The van der Waals surface area contributed by atoms with Gasteiger partial charge in [0.1, 0.15) is 29.3 Å². The Hall–Kier alpha value is -3.48. The molecule has 1 aliphatic heterocycles. The van der Waals surface area contributed by atoms with E-state index in [4.69, 9.17) is 13.9 Å². The number of benzene rings is 2. The van der Waals surface area contributed by atoms with E-state index in [0.717, 1.165) is 17.4 Å². The molecule has 3 aromatic rings. The van der Waals surface area contributed by atoms with Crippen LogP contribution in [0.25, 0.3) is 11.0 Å². The summed E-state index contributed by atoms with van der Waals surface area (Å²) >= 11 is 0. The highest BCUT2D eigenvalue weighted by molar-refractivity contribution is 6.07. The van der Waals surface area contributed by atoms with Crippen molar-refractivity contribution in [3.05, 3.63) is 65.4 Å². The Bertz CT molecular complexity index is 1160. The number of hydrogen-bond acceptors (Lipinski definition) is 5. The molecule has 2 aromatic carbocycles. The maximum Gasteiger partial charge on any atom is 0.410 e. The van der Waals surface area contributed by atoms with Crippen molar-refractivity contribution in [1.82, 2.24) is 10.2 Å². The van der Waals surface area contributed by atoms with Gasteiger partial charge in [0.25, 0.3) is 5.91 Å². The number of likely N-dealkylation sites (tertiary alicyclic amines) is 1. The molecule has 0 aliphatic carbocycles. The van der Waals surface area contributed by atoms with Gasteiger partial charge in [0, 0.05) is 25.0 Å². The van der Waals surface area contributed by atoms with E-state index in [-0.39, 0.29) is 17.9 Å².